The van der Waals surface area contributed by atoms with Crippen LogP contribution >= 0.6 is 80.7 Å². The van der Waals surface area contributed by atoms with Crippen LogP contribution in [0.15, 0.2) is 48.1 Å². The molecule has 0 amide bonds. The van der Waals surface area contributed by atoms with E-state index in [-0.39, 0.29) is 36.5 Å². The second-order valence-corrected chi connectivity index (χ2v) is 22.4. The largest absolute Gasteiger partial charge is 0.495 e. The van der Waals surface area contributed by atoms with Crippen molar-refractivity contribution in [3.05, 3.63) is 34.3 Å². The summed E-state index contributed by atoms with van der Waals surface area (Å²) in [7, 11) is -5.66. The fourth-order valence-electron chi connectivity index (χ4n) is 6.40. The third-order valence-electron chi connectivity index (χ3n) is 9.62. The van der Waals surface area contributed by atoms with Gasteiger partial charge in [-0.2, -0.15) is 40.5 Å². The van der Waals surface area contributed by atoms with E-state index in [0.717, 1.165) is 82.4 Å². The van der Waals surface area contributed by atoms with Gasteiger partial charge >= 0.3 is 20.2 Å². The highest BCUT2D eigenvalue weighted by Crippen LogP contribution is 2.47. The Morgan fingerprint density at radius 1 is 0.721 bits per heavy atom. The van der Waals surface area contributed by atoms with E-state index in [1.54, 1.807) is 26.4 Å². The summed E-state index contributed by atoms with van der Waals surface area (Å²) >= 11 is 17.2. The molecule has 0 aliphatic heterocycles. The van der Waals surface area contributed by atoms with Gasteiger partial charge in [-0.1, -0.05) is 64.6 Å². The SMILES string of the molecule is CCCSc1nc(Nc2cc(N(CC)CC)c(OC)cc2N)nc(Nc2cc(N(CC)CC)c(OC)cc2N=Nc2snc3sc(S(=O)(=O)O)c(Cl)c23)n1.Nc1snc2sc(S(=O)(=O)O)c(Cl)c12. The van der Waals surface area contributed by atoms with Crippen LogP contribution in [0.4, 0.5) is 56.0 Å². The number of thiophene rings is 2. The topological polar surface area (TPSA) is 299 Å². The van der Waals surface area contributed by atoms with Crippen molar-refractivity contribution < 1.29 is 35.4 Å². The fraction of sp³-hybridized carbons (Fsp3) is 0.342. The van der Waals surface area contributed by atoms with Crippen LogP contribution in [0.3, 0.4) is 0 Å². The Morgan fingerprint density at radius 3 is 1.74 bits per heavy atom. The first-order valence-electron chi connectivity index (χ1n) is 20.2. The molecule has 21 nitrogen and oxygen atoms in total. The van der Waals surface area contributed by atoms with Crippen molar-refractivity contribution >= 4 is 177 Å². The molecule has 8 N–H and O–H groups in total. The average Bonchev–Trinajstić information content (AvgIpc) is 4.06. The van der Waals surface area contributed by atoms with Crippen molar-refractivity contribution in [2.75, 3.05) is 78.1 Å². The van der Waals surface area contributed by atoms with Gasteiger partial charge in [0.05, 0.1) is 63.5 Å². The fourth-order valence-corrected chi connectivity index (χ4v) is 13.7. The molecule has 2 aromatic carbocycles. The average molecular weight is 1110 g/mol. The molecule has 0 aliphatic carbocycles. The molecule has 0 bridgehead atoms. The highest BCUT2D eigenvalue weighted by molar-refractivity contribution is 7.99. The molecule has 0 atom stereocenters. The van der Waals surface area contributed by atoms with Crippen molar-refractivity contribution in [3.8, 4) is 11.5 Å². The highest BCUT2D eigenvalue weighted by Gasteiger charge is 2.26. The number of hydrogen-bond acceptors (Lipinski definition) is 24. The van der Waals surface area contributed by atoms with Gasteiger partial charge in [-0.25, -0.2) is 0 Å². The van der Waals surface area contributed by atoms with Crippen molar-refractivity contribution in [2.45, 2.75) is 54.6 Å². The molecule has 0 fully saturated rings. The van der Waals surface area contributed by atoms with E-state index in [9.17, 15) is 21.4 Å². The van der Waals surface area contributed by atoms with E-state index >= 15 is 0 Å². The summed E-state index contributed by atoms with van der Waals surface area (Å²) in [4.78, 5) is 19.2. The summed E-state index contributed by atoms with van der Waals surface area (Å²) in [5, 5.41) is 17.1. The zero-order chi connectivity index (χ0) is 49.7. The van der Waals surface area contributed by atoms with Crippen molar-refractivity contribution in [2.24, 2.45) is 10.2 Å². The number of nitrogens with zero attached hydrogens (tertiary/aromatic N) is 9. The number of methoxy groups -OCH3 is 2. The molecule has 30 heteroatoms. The summed E-state index contributed by atoms with van der Waals surface area (Å²) in [5.74, 6) is 2.48. The van der Waals surface area contributed by atoms with E-state index in [1.807, 2.05) is 26.0 Å². The van der Waals surface area contributed by atoms with Gasteiger partial charge in [0.2, 0.25) is 11.9 Å². The number of fused-ring (bicyclic) bond motifs is 2. The van der Waals surface area contributed by atoms with Crippen LogP contribution < -0.4 is 41.4 Å². The van der Waals surface area contributed by atoms with Crippen LogP contribution in [-0.2, 0) is 20.2 Å². The molecule has 0 spiro atoms. The number of benzene rings is 2. The third kappa shape index (κ3) is 11.7. The molecule has 68 heavy (non-hydrogen) atoms. The van der Waals surface area contributed by atoms with Gasteiger partial charge in [-0.15, -0.1) is 10.2 Å². The van der Waals surface area contributed by atoms with Crippen LogP contribution in [0, 0.1) is 0 Å². The zero-order valence-electron chi connectivity index (χ0n) is 37.2. The number of thioether (sulfide) groups is 1. The maximum atomic E-state index is 11.9. The predicted octanol–water partition coefficient (Wildman–Crippen LogP) is 11.0. The first-order chi connectivity index (χ1) is 32.3. The van der Waals surface area contributed by atoms with Crippen LogP contribution in [0.5, 0.6) is 11.5 Å². The number of halogens is 2. The molecular weight excluding hydrogens is 1060 g/mol. The minimum atomic E-state index is -4.56. The molecule has 0 saturated carbocycles. The normalized spacial score (nSPS) is 11.9. The van der Waals surface area contributed by atoms with Crippen molar-refractivity contribution in [1.29, 1.82) is 0 Å². The van der Waals surface area contributed by atoms with Crippen molar-refractivity contribution in [3.63, 3.8) is 0 Å². The van der Waals surface area contributed by atoms with Gasteiger partial charge in [0.25, 0.3) is 0 Å². The number of nitrogens with one attached hydrogen (secondary N) is 2. The van der Waals surface area contributed by atoms with Gasteiger partial charge in [0.1, 0.15) is 31.8 Å². The molecule has 5 aromatic heterocycles. The number of hydrogen-bond donors (Lipinski definition) is 6. The number of azo groups is 1. The summed E-state index contributed by atoms with van der Waals surface area (Å²) in [6, 6.07) is 7.31. The number of rotatable bonds is 19. The first-order valence-corrected chi connectivity index (χ1v) is 28.0. The predicted molar refractivity (Wildman–Crippen MR) is 278 cm³/mol. The van der Waals surface area contributed by atoms with Gasteiger partial charge in [0, 0.05) is 44.1 Å². The maximum absolute atomic E-state index is 11.9. The molecule has 0 aliphatic rings. The Labute approximate surface area is 422 Å². The molecule has 0 unspecified atom stereocenters. The molecule has 7 rings (SSSR count). The lowest BCUT2D eigenvalue weighted by Crippen LogP contribution is -2.22. The van der Waals surface area contributed by atoms with Crippen LogP contribution in [-0.4, -0.2) is 95.8 Å². The summed E-state index contributed by atoms with van der Waals surface area (Å²) in [5.41, 5.74) is 15.6. The Bertz CT molecular complexity index is 3190. The standard InChI is InChI=1S/C33H42ClN11O5S4.C5H3ClN2O3S3/c1-8-13-51-33-39-31(36-19-15-22(44(9-2)10-3)24(49-6)14-18(19)35)38-32(40-33)37-20-16-23(45(11-4)12-5)25(50-7)17-21(20)41-42-28-26-27(34)30(54(46,47)48)52-29(26)43-53-28;6-2-1-3(7)13-8-4(1)12-5(2)14(9,10)11/h14-17H,8-13,35H2,1-7H3,(H,46,47,48)(H2,36,37,38,39,40);7H2,(H,9,10,11). The van der Waals surface area contributed by atoms with Crippen LogP contribution in [0.1, 0.15) is 41.0 Å². The number of ether oxygens (including phenoxy) is 2. The number of aromatic nitrogens is 5. The minimum Gasteiger partial charge on any atom is -0.495 e. The smallest absolute Gasteiger partial charge is 0.305 e. The Balaban J connectivity index is 0.000000461. The number of anilines is 8. The molecule has 0 radical (unpaired) electrons. The number of nitrogen functional groups attached to an aromatic ring is 2. The van der Waals surface area contributed by atoms with Crippen LogP contribution in [0.25, 0.3) is 20.4 Å². The minimum absolute atomic E-state index is 0.0567. The Hall–Kier alpha value is -4.62. The van der Waals surface area contributed by atoms with Gasteiger partial charge in [-0.05, 0) is 69.3 Å². The molecule has 7 aromatic rings. The Kier molecular flexibility index (Phi) is 17.4. The first kappa shape index (κ1) is 52.7. The van der Waals surface area contributed by atoms with Gasteiger partial charge in [0.15, 0.2) is 18.6 Å². The second-order valence-electron chi connectivity index (χ2n) is 13.8. The molecule has 366 valence electrons. The number of nitrogens with two attached hydrogens (primary N) is 2. The van der Waals surface area contributed by atoms with E-state index in [2.05, 4.69) is 60.2 Å². The summed E-state index contributed by atoms with van der Waals surface area (Å²) in [6.07, 6.45) is 0.904. The third-order valence-corrected chi connectivity index (χ3v) is 18.4. The van der Waals surface area contributed by atoms with E-state index in [1.165, 1.54) is 11.8 Å². The lowest BCUT2D eigenvalue weighted by Gasteiger charge is -2.25. The highest BCUT2D eigenvalue weighted by atomic mass is 35.5. The summed E-state index contributed by atoms with van der Waals surface area (Å²) in [6.45, 7) is 13.2. The zero-order valence-corrected chi connectivity index (χ0v) is 44.4. The lowest BCUT2D eigenvalue weighted by molar-refractivity contribution is 0.414. The van der Waals surface area contributed by atoms with E-state index in [0.29, 0.717) is 72.5 Å². The molecule has 0 saturated heterocycles. The quantitative estimate of drug-likeness (QED) is 0.0190. The Morgan fingerprint density at radius 2 is 1.22 bits per heavy atom. The molecular formula is C38H45Cl2N13O8S7. The van der Waals surface area contributed by atoms with E-state index < -0.39 is 24.4 Å². The van der Waals surface area contributed by atoms with Crippen molar-refractivity contribution in [1.82, 2.24) is 23.7 Å². The molecule has 5 heterocycles. The van der Waals surface area contributed by atoms with E-state index in [4.69, 9.17) is 63.6 Å². The van der Waals surface area contributed by atoms with Crippen LogP contribution in [0.2, 0.25) is 10.0 Å². The van der Waals surface area contributed by atoms with Gasteiger partial charge in [-0.3, -0.25) is 9.11 Å². The second kappa shape index (κ2) is 22.4. The maximum Gasteiger partial charge on any atom is 0.305 e. The summed E-state index contributed by atoms with van der Waals surface area (Å²) < 4.78 is 82.8. The van der Waals surface area contributed by atoms with Gasteiger partial charge < -0.3 is 41.4 Å². The lowest BCUT2D eigenvalue weighted by atomic mass is 10.2. The monoisotopic (exact) mass is 1110 g/mol.